The summed E-state index contributed by atoms with van der Waals surface area (Å²) in [7, 11) is 0. The fourth-order valence-electron chi connectivity index (χ4n) is 1.81. The maximum absolute atomic E-state index is 11.8. The number of nitrogens with zero attached hydrogens (tertiary/aromatic N) is 2. The molecular formula is C14H12N4OS. The van der Waals surface area contributed by atoms with Crippen molar-refractivity contribution in [1.82, 2.24) is 14.1 Å². The van der Waals surface area contributed by atoms with E-state index < -0.39 is 0 Å². The van der Waals surface area contributed by atoms with Crippen LogP contribution < -0.4 is 10.6 Å². The Hall–Kier alpha value is -2.47. The van der Waals surface area contributed by atoms with Crippen molar-refractivity contribution < 1.29 is 4.79 Å². The number of aromatic nitrogens is 2. The maximum atomic E-state index is 11.8. The number of carbonyl (C=O) groups is 1. The van der Waals surface area contributed by atoms with Crippen molar-refractivity contribution in [1.29, 1.82) is 0 Å². The number of hydrogen-bond donors (Lipinski definition) is 2. The van der Waals surface area contributed by atoms with Gasteiger partial charge in [0.2, 0.25) is 0 Å². The summed E-state index contributed by atoms with van der Waals surface area (Å²) in [5, 5.41) is 5.59. The van der Waals surface area contributed by atoms with E-state index in [1.54, 1.807) is 6.07 Å². The van der Waals surface area contributed by atoms with Crippen LogP contribution in [0, 0.1) is 0 Å². The highest BCUT2D eigenvalue weighted by atomic mass is 32.1. The van der Waals surface area contributed by atoms with E-state index in [4.69, 9.17) is 0 Å². The first-order chi connectivity index (χ1) is 9.81. The minimum absolute atomic E-state index is 0.239. The van der Waals surface area contributed by atoms with Gasteiger partial charge in [-0.1, -0.05) is 30.3 Å². The van der Waals surface area contributed by atoms with Crippen LogP contribution in [0.4, 0.5) is 10.5 Å². The van der Waals surface area contributed by atoms with Crippen LogP contribution in [0.5, 0.6) is 0 Å². The molecule has 2 amide bonds. The summed E-state index contributed by atoms with van der Waals surface area (Å²) >= 11 is 1.16. The van der Waals surface area contributed by atoms with Gasteiger partial charge in [-0.25, -0.2) is 4.79 Å². The van der Waals surface area contributed by atoms with Crippen LogP contribution in [0.2, 0.25) is 0 Å². The zero-order valence-corrected chi connectivity index (χ0v) is 11.4. The lowest BCUT2D eigenvalue weighted by atomic mass is 10.2. The van der Waals surface area contributed by atoms with E-state index in [9.17, 15) is 4.79 Å². The maximum Gasteiger partial charge on any atom is 0.319 e. The van der Waals surface area contributed by atoms with Crippen LogP contribution in [0.15, 0.2) is 48.5 Å². The van der Waals surface area contributed by atoms with Crippen LogP contribution in [-0.2, 0) is 6.54 Å². The van der Waals surface area contributed by atoms with Gasteiger partial charge in [0.05, 0.1) is 11.7 Å². The summed E-state index contributed by atoms with van der Waals surface area (Å²) in [5.74, 6) is 0. The Labute approximate surface area is 120 Å². The first kappa shape index (κ1) is 12.6. The number of hydrogen-bond acceptors (Lipinski definition) is 4. The number of urea groups is 1. The minimum Gasteiger partial charge on any atom is -0.334 e. The van der Waals surface area contributed by atoms with Crippen LogP contribution in [0.25, 0.3) is 11.0 Å². The highest BCUT2D eigenvalue weighted by molar-refractivity contribution is 7.00. The van der Waals surface area contributed by atoms with E-state index in [1.165, 1.54) is 0 Å². The van der Waals surface area contributed by atoms with Crippen molar-refractivity contribution in [3.63, 3.8) is 0 Å². The van der Waals surface area contributed by atoms with Crippen molar-refractivity contribution >= 4 is 34.5 Å². The average molecular weight is 284 g/mol. The summed E-state index contributed by atoms with van der Waals surface area (Å²) in [6, 6.07) is 15.0. The molecule has 20 heavy (non-hydrogen) atoms. The molecular weight excluding hydrogens is 272 g/mol. The van der Waals surface area contributed by atoms with Gasteiger partial charge in [0.15, 0.2) is 0 Å². The van der Waals surface area contributed by atoms with Crippen LogP contribution >= 0.6 is 11.7 Å². The van der Waals surface area contributed by atoms with Crippen LogP contribution in [0.3, 0.4) is 0 Å². The largest absolute Gasteiger partial charge is 0.334 e. The lowest BCUT2D eigenvalue weighted by Crippen LogP contribution is -2.28. The number of carbonyl (C=O) groups excluding carboxylic acids is 1. The molecule has 2 N–H and O–H groups in total. The van der Waals surface area contributed by atoms with E-state index in [0.717, 1.165) is 28.3 Å². The normalized spacial score (nSPS) is 10.4. The number of amides is 2. The predicted molar refractivity (Wildman–Crippen MR) is 79.7 cm³/mol. The zero-order valence-electron chi connectivity index (χ0n) is 10.5. The topological polar surface area (TPSA) is 66.9 Å². The second-order valence-corrected chi connectivity index (χ2v) is 4.79. The van der Waals surface area contributed by atoms with Gasteiger partial charge in [0.25, 0.3) is 0 Å². The van der Waals surface area contributed by atoms with E-state index in [0.29, 0.717) is 12.2 Å². The molecule has 2 aromatic carbocycles. The van der Waals surface area contributed by atoms with Crippen molar-refractivity contribution in [2.24, 2.45) is 0 Å². The van der Waals surface area contributed by atoms with Gasteiger partial charge < -0.3 is 10.6 Å². The lowest BCUT2D eigenvalue weighted by molar-refractivity contribution is 0.251. The average Bonchev–Trinajstić information content (AvgIpc) is 2.94. The number of fused-ring (bicyclic) bond motifs is 1. The number of benzene rings is 2. The second kappa shape index (κ2) is 5.66. The van der Waals surface area contributed by atoms with Gasteiger partial charge in [0.1, 0.15) is 11.0 Å². The van der Waals surface area contributed by atoms with Gasteiger partial charge in [-0.3, -0.25) is 0 Å². The molecule has 1 heterocycles. The Morgan fingerprint density at radius 2 is 1.85 bits per heavy atom. The molecule has 3 aromatic rings. The standard InChI is InChI=1S/C14H12N4OS/c19-14(15-9-10-4-2-1-3-5-10)16-11-6-7-12-13(8-11)18-20-17-12/h1-8H,9H2,(H2,15,16,19). The molecule has 0 bridgehead atoms. The Balaban J connectivity index is 1.61. The molecule has 100 valence electrons. The van der Waals surface area contributed by atoms with Gasteiger partial charge >= 0.3 is 6.03 Å². The Kier molecular flexibility index (Phi) is 3.56. The van der Waals surface area contributed by atoms with Gasteiger partial charge in [-0.2, -0.15) is 8.75 Å². The smallest absolute Gasteiger partial charge is 0.319 e. The molecule has 0 saturated carbocycles. The first-order valence-electron chi connectivity index (χ1n) is 6.12. The predicted octanol–water partition coefficient (Wildman–Crippen LogP) is 3.01. The highest BCUT2D eigenvalue weighted by Gasteiger charge is 2.04. The molecule has 3 rings (SSSR count). The quantitative estimate of drug-likeness (QED) is 0.777. The molecule has 0 aliphatic rings. The third-order valence-electron chi connectivity index (χ3n) is 2.81. The van der Waals surface area contributed by atoms with Crippen molar-refractivity contribution in [2.45, 2.75) is 6.54 Å². The molecule has 0 saturated heterocycles. The number of anilines is 1. The molecule has 0 unspecified atom stereocenters. The minimum atomic E-state index is -0.239. The Morgan fingerprint density at radius 3 is 2.70 bits per heavy atom. The van der Waals surface area contributed by atoms with Gasteiger partial charge in [-0.15, -0.1) is 0 Å². The van der Waals surface area contributed by atoms with Crippen LogP contribution in [-0.4, -0.2) is 14.8 Å². The van der Waals surface area contributed by atoms with E-state index >= 15 is 0 Å². The number of rotatable bonds is 3. The van der Waals surface area contributed by atoms with Crippen molar-refractivity contribution in [3.8, 4) is 0 Å². The van der Waals surface area contributed by atoms with Crippen molar-refractivity contribution in [2.75, 3.05) is 5.32 Å². The lowest BCUT2D eigenvalue weighted by Gasteiger charge is -2.07. The third-order valence-corrected chi connectivity index (χ3v) is 3.36. The fourth-order valence-corrected chi connectivity index (χ4v) is 2.33. The Bertz CT molecular complexity index is 726. The summed E-state index contributed by atoms with van der Waals surface area (Å²) in [4.78, 5) is 11.8. The van der Waals surface area contributed by atoms with Gasteiger partial charge in [-0.05, 0) is 23.8 Å². The van der Waals surface area contributed by atoms with E-state index in [1.807, 2.05) is 42.5 Å². The molecule has 0 aliphatic carbocycles. The summed E-state index contributed by atoms with van der Waals surface area (Å²) in [6.45, 7) is 0.493. The zero-order chi connectivity index (χ0) is 13.8. The number of nitrogens with one attached hydrogen (secondary N) is 2. The molecule has 1 aromatic heterocycles. The monoisotopic (exact) mass is 284 g/mol. The van der Waals surface area contributed by atoms with E-state index in [-0.39, 0.29) is 6.03 Å². The fraction of sp³-hybridized carbons (Fsp3) is 0.0714. The molecule has 0 atom stereocenters. The third kappa shape index (κ3) is 2.92. The molecule has 0 aliphatic heterocycles. The molecule has 5 nitrogen and oxygen atoms in total. The molecule has 0 fully saturated rings. The second-order valence-electron chi connectivity index (χ2n) is 4.26. The summed E-state index contributed by atoms with van der Waals surface area (Å²) < 4.78 is 8.26. The summed E-state index contributed by atoms with van der Waals surface area (Å²) in [6.07, 6.45) is 0. The first-order valence-corrected chi connectivity index (χ1v) is 6.85. The van der Waals surface area contributed by atoms with Crippen molar-refractivity contribution in [3.05, 3.63) is 54.1 Å². The highest BCUT2D eigenvalue weighted by Crippen LogP contribution is 2.16. The SMILES string of the molecule is O=C(NCc1ccccc1)Nc1ccc2nsnc2c1. The summed E-state index contributed by atoms with van der Waals surface area (Å²) in [5.41, 5.74) is 3.39. The molecule has 0 radical (unpaired) electrons. The van der Waals surface area contributed by atoms with E-state index in [2.05, 4.69) is 19.4 Å². The van der Waals surface area contributed by atoms with Gasteiger partial charge in [0, 0.05) is 12.2 Å². The molecule has 0 spiro atoms. The van der Waals surface area contributed by atoms with Crippen LogP contribution in [0.1, 0.15) is 5.56 Å². The molecule has 6 heteroatoms. The Morgan fingerprint density at radius 1 is 1.05 bits per heavy atom.